The van der Waals surface area contributed by atoms with Crippen molar-refractivity contribution >= 4 is 5.96 Å². The molecular formula is C23H31F2N3O3. The molecule has 2 aromatic carbocycles. The Balaban J connectivity index is 1.65. The van der Waals surface area contributed by atoms with Gasteiger partial charge in [0.15, 0.2) is 5.96 Å². The highest BCUT2D eigenvalue weighted by Crippen LogP contribution is 2.25. The van der Waals surface area contributed by atoms with E-state index in [1.165, 1.54) is 18.7 Å². The van der Waals surface area contributed by atoms with Crippen LogP contribution in [0.5, 0.6) is 11.5 Å². The first-order chi connectivity index (χ1) is 15.1. The van der Waals surface area contributed by atoms with Crippen molar-refractivity contribution in [3.8, 4) is 11.5 Å². The maximum absolute atomic E-state index is 12.6. The molecule has 8 heteroatoms. The van der Waals surface area contributed by atoms with Gasteiger partial charge in [-0.3, -0.25) is 4.99 Å². The average molecular weight is 436 g/mol. The van der Waals surface area contributed by atoms with Gasteiger partial charge in [0.25, 0.3) is 0 Å². The lowest BCUT2D eigenvalue weighted by molar-refractivity contribution is -0.0505. The van der Waals surface area contributed by atoms with E-state index >= 15 is 0 Å². The molecule has 31 heavy (non-hydrogen) atoms. The van der Waals surface area contributed by atoms with Crippen molar-refractivity contribution in [1.29, 1.82) is 0 Å². The summed E-state index contributed by atoms with van der Waals surface area (Å²) in [6, 6.07) is 15.0. The quantitative estimate of drug-likeness (QED) is 0.283. The minimum Gasteiger partial charge on any atom is -0.497 e. The van der Waals surface area contributed by atoms with E-state index in [9.17, 15) is 8.78 Å². The third-order valence-electron chi connectivity index (χ3n) is 4.54. The second-order valence-corrected chi connectivity index (χ2v) is 6.76. The highest BCUT2D eigenvalue weighted by molar-refractivity contribution is 5.79. The summed E-state index contributed by atoms with van der Waals surface area (Å²) in [5, 5.41) is 6.32. The van der Waals surface area contributed by atoms with Gasteiger partial charge in [-0.05, 0) is 43.0 Å². The number of halogens is 2. The van der Waals surface area contributed by atoms with Crippen LogP contribution in [0, 0.1) is 0 Å². The number of ether oxygens (including phenoxy) is 3. The van der Waals surface area contributed by atoms with Crippen molar-refractivity contribution in [3.05, 3.63) is 59.7 Å². The molecule has 0 saturated carbocycles. The fourth-order valence-electron chi connectivity index (χ4n) is 2.90. The standard InChI is InChI=1S/C23H31F2N3O3/c1-26-23(27-13-6-7-14-30-15-12-18-8-4-3-5-9-18)28-17-19-16-20(29-2)10-11-21(19)31-22(24)25/h3-5,8-11,16,22H,6-7,12-15,17H2,1-2H3,(H2,26,27,28). The topological polar surface area (TPSA) is 64.1 Å². The second kappa shape index (κ2) is 14.2. The molecule has 170 valence electrons. The predicted molar refractivity (Wildman–Crippen MR) is 118 cm³/mol. The van der Waals surface area contributed by atoms with Crippen molar-refractivity contribution in [2.75, 3.05) is 33.9 Å². The van der Waals surface area contributed by atoms with E-state index in [0.717, 1.165) is 25.8 Å². The lowest BCUT2D eigenvalue weighted by atomic mass is 10.2. The normalized spacial score (nSPS) is 11.5. The maximum Gasteiger partial charge on any atom is 0.387 e. The van der Waals surface area contributed by atoms with E-state index < -0.39 is 6.61 Å². The van der Waals surface area contributed by atoms with E-state index in [-0.39, 0.29) is 12.3 Å². The molecule has 0 saturated heterocycles. The number of hydrogen-bond acceptors (Lipinski definition) is 4. The number of alkyl halides is 2. The second-order valence-electron chi connectivity index (χ2n) is 6.76. The molecule has 0 aliphatic carbocycles. The molecule has 0 fully saturated rings. The summed E-state index contributed by atoms with van der Waals surface area (Å²) in [7, 11) is 3.18. The molecule has 0 aliphatic heterocycles. The van der Waals surface area contributed by atoms with E-state index in [1.54, 1.807) is 19.2 Å². The molecule has 0 spiro atoms. The van der Waals surface area contributed by atoms with Crippen molar-refractivity contribution < 1.29 is 23.0 Å². The fraction of sp³-hybridized carbons (Fsp3) is 0.435. The van der Waals surface area contributed by atoms with Crippen LogP contribution >= 0.6 is 0 Å². The Morgan fingerprint density at radius 1 is 1.03 bits per heavy atom. The minimum atomic E-state index is -2.89. The van der Waals surface area contributed by atoms with Gasteiger partial charge < -0.3 is 24.8 Å². The lowest BCUT2D eigenvalue weighted by Gasteiger charge is -2.15. The number of guanidine groups is 1. The molecule has 0 heterocycles. The summed E-state index contributed by atoms with van der Waals surface area (Å²) in [6.45, 7) is -0.482. The molecule has 0 radical (unpaired) electrons. The van der Waals surface area contributed by atoms with Crippen molar-refractivity contribution in [3.63, 3.8) is 0 Å². The Hall–Kier alpha value is -2.87. The Labute approximate surface area is 182 Å². The summed E-state index contributed by atoms with van der Waals surface area (Å²) in [5.41, 5.74) is 1.83. The number of benzene rings is 2. The Morgan fingerprint density at radius 3 is 2.55 bits per heavy atom. The number of aliphatic imine (C=N–C) groups is 1. The van der Waals surface area contributed by atoms with Crippen LogP contribution in [-0.2, 0) is 17.7 Å². The van der Waals surface area contributed by atoms with Crippen LogP contribution in [0.25, 0.3) is 0 Å². The third kappa shape index (κ3) is 9.65. The fourth-order valence-corrected chi connectivity index (χ4v) is 2.90. The Morgan fingerprint density at radius 2 is 1.84 bits per heavy atom. The molecule has 2 aromatic rings. The zero-order valence-electron chi connectivity index (χ0n) is 18.1. The molecule has 2 N–H and O–H groups in total. The molecular weight excluding hydrogens is 404 g/mol. The van der Waals surface area contributed by atoms with Gasteiger partial charge in [-0.1, -0.05) is 30.3 Å². The molecule has 0 aromatic heterocycles. The van der Waals surface area contributed by atoms with E-state index in [4.69, 9.17) is 9.47 Å². The van der Waals surface area contributed by atoms with Crippen molar-refractivity contribution in [2.24, 2.45) is 4.99 Å². The first-order valence-corrected chi connectivity index (χ1v) is 10.3. The van der Waals surface area contributed by atoms with Crippen LogP contribution in [0.2, 0.25) is 0 Å². The summed E-state index contributed by atoms with van der Waals surface area (Å²) in [6.07, 6.45) is 2.77. The van der Waals surface area contributed by atoms with Gasteiger partial charge in [-0.2, -0.15) is 8.78 Å². The predicted octanol–water partition coefficient (Wildman–Crippen LogP) is 4.00. The smallest absolute Gasteiger partial charge is 0.387 e. The molecule has 6 nitrogen and oxygen atoms in total. The van der Waals surface area contributed by atoms with Crippen LogP contribution in [0.15, 0.2) is 53.5 Å². The van der Waals surface area contributed by atoms with Gasteiger partial charge in [0.2, 0.25) is 0 Å². The molecule has 0 aliphatic rings. The molecule has 0 bridgehead atoms. The van der Waals surface area contributed by atoms with E-state index in [1.807, 2.05) is 18.2 Å². The maximum atomic E-state index is 12.6. The SMILES string of the molecule is CN=C(NCCCCOCCc1ccccc1)NCc1cc(OC)ccc1OC(F)F. The van der Waals surface area contributed by atoms with Gasteiger partial charge in [0.1, 0.15) is 11.5 Å². The van der Waals surface area contributed by atoms with Gasteiger partial charge in [-0.25, -0.2) is 0 Å². The van der Waals surface area contributed by atoms with Gasteiger partial charge in [0, 0.05) is 32.3 Å². The van der Waals surface area contributed by atoms with Gasteiger partial charge in [0.05, 0.1) is 13.7 Å². The molecule has 0 atom stereocenters. The number of nitrogens with zero attached hydrogens (tertiary/aromatic N) is 1. The van der Waals surface area contributed by atoms with Crippen molar-refractivity contribution in [1.82, 2.24) is 10.6 Å². The van der Waals surface area contributed by atoms with E-state index in [0.29, 0.717) is 30.5 Å². The summed E-state index contributed by atoms with van der Waals surface area (Å²) < 4.78 is 40.7. The third-order valence-corrected chi connectivity index (χ3v) is 4.54. The van der Waals surface area contributed by atoms with Crippen LogP contribution < -0.4 is 20.1 Å². The van der Waals surface area contributed by atoms with E-state index in [2.05, 4.69) is 32.5 Å². The average Bonchev–Trinajstić information content (AvgIpc) is 2.78. The highest BCUT2D eigenvalue weighted by atomic mass is 19.3. The lowest BCUT2D eigenvalue weighted by Crippen LogP contribution is -2.37. The summed E-state index contributed by atoms with van der Waals surface area (Å²) in [4.78, 5) is 4.16. The monoisotopic (exact) mass is 435 g/mol. The van der Waals surface area contributed by atoms with Crippen LogP contribution in [0.3, 0.4) is 0 Å². The largest absolute Gasteiger partial charge is 0.497 e. The first-order valence-electron chi connectivity index (χ1n) is 10.3. The van der Waals surface area contributed by atoms with Gasteiger partial charge >= 0.3 is 6.61 Å². The summed E-state index contributed by atoms with van der Waals surface area (Å²) >= 11 is 0. The van der Waals surface area contributed by atoms with Gasteiger partial charge in [-0.15, -0.1) is 0 Å². The number of methoxy groups -OCH3 is 1. The summed E-state index contributed by atoms with van der Waals surface area (Å²) in [5.74, 6) is 1.25. The zero-order valence-corrected chi connectivity index (χ0v) is 18.1. The number of rotatable bonds is 13. The number of hydrogen-bond donors (Lipinski definition) is 2. The Bertz CT molecular complexity index is 789. The van der Waals surface area contributed by atoms with Crippen LogP contribution in [0.1, 0.15) is 24.0 Å². The molecule has 0 unspecified atom stereocenters. The van der Waals surface area contributed by atoms with Crippen LogP contribution in [-0.4, -0.2) is 46.5 Å². The highest BCUT2D eigenvalue weighted by Gasteiger charge is 2.11. The zero-order chi connectivity index (χ0) is 22.3. The minimum absolute atomic E-state index is 0.103. The first kappa shape index (κ1) is 24.4. The number of nitrogens with one attached hydrogen (secondary N) is 2. The molecule has 2 rings (SSSR count). The molecule has 0 amide bonds. The van der Waals surface area contributed by atoms with Crippen LogP contribution in [0.4, 0.5) is 8.78 Å². The van der Waals surface area contributed by atoms with Crippen molar-refractivity contribution in [2.45, 2.75) is 32.4 Å². The Kier molecular flexibility index (Phi) is 11.2. The number of unbranched alkanes of at least 4 members (excludes halogenated alkanes) is 1.